The predicted octanol–water partition coefficient (Wildman–Crippen LogP) is 3.95. The minimum absolute atomic E-state index is 0.319. The van der Waals surface area contributed by atoms with Gasteiger partial charge in [0.1, 0.15) is 0 Å². The van der Waals surface area contributed by atoms with Crippen LogP contribution in [0.2, 0.25) is 5.02 Å². The molecule has 1 aliphatic carbocycles. The number of hydrogen-bond donors (Lipinski definition) is 2. The number of anilines is 2. The largest absolute Gasteiger partial charge is 0.465 e. The lowest BCUT2D eigenvalue weighted by Crippen LogP contribution is -2.26. The molecule has 0 heterocycles. The molecule has 0 radical (unpaired) electrons. The molecule has 3 atom stereocenters. The molecule has 0 spiro atoms. The first-order chi connectivity index (χ1) is 9.97. The van der Waals surface area contributed by atoms with Gasteiger partial charge in [0.05, 0.1) is 23.4 Å². The monoisotopic (exact) mass is 310 g/mol. The summed E-state index contributed by atoms with van der Waals surface area (Å²) in [4.78, 5) is 11.9. The molecule has 1 aromatic rings. The number of carbonyl (C=O) groups is 1. The quantitative estimate of drug-likeness (QED) is 0.653. The fourth-order valence-corrected chi connectivity index (χ4v) is 3.54. The molecule has 2 rings (SSSR count). The fraction of sp³-hybridized carbons (Fsp3) is 0.562. The Morgan fingerprint density at radius 2 is 2.19 bits per heavy atom. The van der Waals surface area contributed by atoms with E-state index in [4.69, 9.17) is 22.1 Å². The highest BCUT2D eigenvalue weighted by Gasteiger charge is 2.32. The minimum Gasteiger partial charge on any atom is -0.465 e. The van der Waals surface area contributed by atoms with Crippen molar-refractivity contribution in [1.29, 1.82) is 0 Å². The lowest BCUT2D eigenvalue weighted by molar-refractivity contribution is 0.0602. The summed E-state index contributed by atoms with van der Waals surface area (Å²) >= 11 is 6.28. The van der Waals surface area contributed by atoms with E-state index in [9.17, 15) is 4.79 Å². The van der Waals surface area contributed by atoms with Crippen molar-refractivity contribution in [2.45, 2.75) is 39.2 Å². The molecule has 0 saturated heterocycles. The van der Waals surface area contributed by atoms with Crippen molar-refractivity contribution < 1.29 is 9.53 Å². The van der Waals surface area contributed by atoms with Gasteiger partial charge in [0, 0.05) is 11.7 Å². The maximum atomic E-state index is 11.9. The lowest BCUT2D eigenvalue weighted by Gasteiger charge is -2.24. The predicted molar refractivity (Wildman–Crippen MR) is 86.8 cm³/mol. The smallest absolute Gasteiger partial charge is 0.340 e. The molecule has 0 bridgehead atoms. The van der Waals surface area contributed by atoms with Crippen LogP contribution < -0.4 is 11.1 Å². The summed E-state index contributed by atoms with van der Waals surface area (Å²) in [5.74, 6) is 0.843. The highest BCUT2D eigenvalue weighted by Crippen LogP contribution is 2.38. The van der Waals surface area contributed by atoms with Crippen LogP contribution in [0.3, 0.4) is 0 Å². The van der Waals surface area contributed by atoms with Crippen LogP contribution in [0.4, 0.5) is 11.4 Å². The van der Waals surface area contributed by atoms with Crippen LogP contribution in [-0.4, -0.2) is 19.1 Å². The number of nitrogens with one attached hydrogen (secondary N) is 1. The van der Waals surface area contributed by atoms with E-state index in [2.05, 4.69) is 19.2 Å². The number of methoxy groups -OCH3 is 1. The Hall–Kier alpha value is -1.42. The van der Waals surface area contributed by atoms with Crippen LogP contribution in [0.25, 0.3) is 0 Å². The van der Waals surface area contributed by atoms with E-state index in [1.807, 2.05) is 0 Å². The molecule has 116 valence electrons. The number of carbonyl (C=O) groups excluding carboxylic acids is 1. The Balaban J connectivity index is 2.29. The Bertz CT molecular complexity index is 533. The number of rotatable bonds is 4. The van der Waals surface area contributed by atoms with Crippen LogP contribution in [0, 0.1) is 11.8 Å². The van der Waals surface area contributed by atoms with Gasteiger partial charge >= 0.3 is 5.97 Å². The summed E-state index contributed by atoms with van der Waals surface area (Å²) in [6.45, 7) is 4.47. The van der Waals surface area contributed by atoms with Crippen LogP contribution in [0.1, 0.15) is 43.5 Å². The van der Waals surface area contributed by atoms with E-state index < -0.39 is 5.97 Å². The van der Waals surface area contributed by atoms with Crippen LogP contribution in [0.5, 0.6) is 0 Å². The Kier molecular flexibility index (Phi) is 4.99. The minimum atomic E-state index is -0.426. The number of nitrogen functional groups attached to an aromatic ring is 1. The maximum absolute atomic E-state index is 11.9. The van der Waals surface area contributed by atoms with Gasteiger partial charge in [-0.15, -0.1) is 0 Å². The first-order valence-corrected chi connectivity index (χ1v) is 7.79. The lowest BCUT2D eigenvalue weighted by atomic mass is 9.93. The number of esters is 1. The van der Waals surface area contributed by atoms with Crippen molar-refractivity contribution in [1.82, 2.24) is 0 Å². The van der Waals surface area contributed by atoms with Crippen molar-refractivity contribution in [3.8, 4) is 0 Å². The Morgan fingerprint density at radius 1 is 1.48 bits per heavy atom. The number of hydrogen-bond acceptors (Lipinski definition) is 4. The molecule has 0 aliphatic heterocycles. The average Bonchev–Trinajstić information content (AvgIpc) is 2.81. The molecule has 3 N–H and O–H groups in total. The van der Waals surface area contributed by atoms with Crippen LogP contribution >= 0.6 is 11.6 Å². The molecule has 1 aromatic carbocycles. The summed E-state index contributed by atoms with van der Waals surface area (Å²) < 4.78 is 4.83. The zero-order valence-corrected chi connectivity index (χ0v) is 13.5. The molecular formula is C16H23ClN2O2. The van der Waals surface area contributed by atoms with Gasteiger partial charge < -0.3 is 15.8 Å². The second-order valence-electron chi connectivity index (χ2n) is 5.77. The van der Waals surface area contributed by atoms with Crippen molar-refractivity contribution in [3.63, 3.8) is 0 Å². The highest BCUT2D eigenvalue weighted by atomic mass is 35.5. The summed E-state index contributed by atoms with van der Waals surface area (Å²) in [7, 11) is 1.36. The molecule has 0 aromatic heterocycles. The molecule has 0 amide bonds. The summed E-state index contributed by atoms with van der Waals surface area (Å²) in [6.07, 6.45) is 3.47. The topological polar surface area (TPSA) is 64.3 Å². The third kappa shape index (κ3) is 3.26. The molecule has 3 unspecified atom stereocenters. The Labute approximate surface area is 131 Å². The first-order valence-electron chi connectivity index (χ1n) is 7.41. The van der Waals surface area contributed by atoms with Gasteiger partial charge in [-0.2, -0.15) is 0 Å². The Morgan fingerprint density at radius 3 is 2.76 bits per heavy atom. The zero-order chi connectivity index (χ0) is 15.6. The third-order valence-electron chi connectivity index (χ3n) is 4.60. The number of halogens is 1. The second-order valence-corrected chi connectivity index (χ2v) is 6.18. The van der Waals surface area contributed by atoms with E-state index in [-0.39, 0.29) is 0 Å². The van der Waals surface area contributed by atoms with Gasteiger partial charge in [-0.05, 0) is 36.8 Å². The summed E-state index contributed by atoms with van der Waals surface area (Å²) in [5.41, 5.74) is 7.26. The van der Waals surface area contributed by atoms with Gasteiger partial charge in [0.2, 0.25) is 0 Å². The van der Waals surface area contributed by atoms with Crippen molar-refractivity contribution in [2.24, 2.45) is 11.8 Å². The highest BCUT2D eigenvalue weighted by molar-refractivity contribution is 6.34. The summed E-state index contributed by atoms with van der Waals surface area (Å²) in [6, 6.07) is 3.59. The van der Waals surface area contributed by atoms with E-state index >= 15 is 0 Å². The molecule has 1 aliphatic rings. The normalized spacial score (nSPS) is 24.9. The zero-order valence-electron chi connectivity index (χ0n) is 12.8. The van der Waals surface area contributed by atoms with E-state index in [1.165, 1.54) is 20.0 Å². The maximum Gasteiger partial charge on any atom is 0.340 e. The molecule has 4 nitrogen and oxygen atoms in total. The standard InChI is InChI=1S/C16H23ClN2O2/c1-4-10-5-6-14(9(10)2)19-15-12(16(20)21-3)7-11(18)8-13(15)17/h7-10,14,19H,4-6,18H2,1-3H3. The fourth-order valence-electron chi connectivity index (χ4n) is 3.26. The SMILES string of the molecule is CCC1CCC(Nc2c(Cl)cc(N)cc2C(=O)OC)C1C. The van der Waals surface area contributed by atoms with Crippen molar-refractivity contribution >= 4 is 28.9 Å². The summed E-state index contributed by atoms with van der Waals surface area (Å²) in [5, 5.41) is 3.91. The van der Waals surface area contributed by atoms with E-state index in [1.54, 1.807) is 12.1 Å². The number of ether oxygens (including phenoxy) is 1. The van der Waals surface area contributed by atoms with Gasteiger partial charge in [-0.1, -0.05) is 31.9 Å². The molecular weight excluding hydrogens is 288 g/mol. The third-order valence-corrected chi connectivity index (χ3v) is 4.90. The van der Waals surface area contributed by atoms with Gasteiger partial charge in [0.15, 0.2) is 0 Å². The molecule has 21 heavy (non-hydrogen) atoms. The van der Waals surface area contributed by atoms with Crippen LogP contribution in [-0.2, 0) is 4.74 Å². The molecule has 1 fully saturated rings. The van der Waals surface area contributed by atoms with E-state index in [0.717, 1.165) is 12.3 Å². The van der Waals surface area contributed by atoms with Crippen molar-refractivity contribution in [2.75, 3.05) is 18.2 Å². The van der Waals surface area contributed by atoms with Crippen molar-refractivity contribution in [3.05, 3.63) is 22.7 Å². The van der Waals surface area contributed by atoms with Crippen LogP contribution in [0.15, 0.2) is 12.1 Å². The average molecular weight is 311 g/mol. The van der Waals surface area contributed by atoms with Gasteiger partial charge in [-0.25, -0.2) is 4.79 Å². The second kappa shape index (κ2) is 6.56. The van der Waals surface area contributed by atoms with Gasteiger partial charge in [-0.3, -0.25) is 0 Å². The van der Waals surface area contributed by atoms with Gasteiger partial charge in [0.25, 0.3) is 0 Å². The van der Waals surface area contributed by atoms with E-state index in [0.29, 0.717) is 33.9 Å². The first kappa shape index (κ1) is 16.0. The number of nitrogens with two attached hydrogens (primary N) is 1. The number of benzene rings is 1. The molecule has 5 heteroatoms. The molecule has 1 saturated carbocycles.